The molecule has 5 heterocycles. The first-order chi connectivity index (χ1) is 22.9. The van der Waals surface area contributed by atoms with Crippen LogP contribution in [0.1, 0.15) is 37.3 Å². The molecule has 2 aromatic heterocycles. The van der Waals surface area contributed by atoms with Crippen molar-refractivity contribution >= 4 is 69.1 Å². The third-order valence-corrected chi connectivity index (χ3v) is 8.97. The summed E-state index contributed by atoms with van der Waals surface area (Å²) in [5.74, 6) is -0.870. The summed E-state index contributed by atoms with van der Waals surface area (Å²) < 4.78 is 7.19. The maximum atomic E-state index is 12.5. The second-order valence-corrected chi connectivity index (χ2v) is 12.3. The number of anilines is 5. The highest BCUT2D eigenvalue weighted by molar-refractivity contribution is 6.32. The summed E-state index contributed by atoms with van der Waals surface area (Å²) in [5, 5.41) is 43.8. The van der Waals surface area contributed by atoms with Crippen molar-refractivity contribution in [2.24, 2.45) is 7.05 Å². The van der Waals surface area contributed by atoms with E-state index < -0.39 is 24.5 Å². The Kier molecular flexibility index (Phi) is 8.03. The molecule has 0 saturated carbocycles. The second kappa shape index (κ2) is 12.2. The van der Waals surface area contributed by atoms with Gasteiger partial charge in [0, 0.05) is 55.4 Å². The van der Waals surface area contributed by atoms with E-state index in [1.54, 1.807) is 10.7 Å². The summed E-state index contributed by atoms with van der Waals surface area (Å²) in [7, 11) is 1.85. The van der Waals surface area contributed by atoms with Gasteiger partial charge in [-0.15, -0.1) is 0 Å². The Bertz CT molecular complexity index is 1940. The molecule has 2 aromatic carbocycles. The van der Waals surface area contributed by atoms with Crippen LogP contribution in [0.15, 0.2) is 42.6 Å². The number of ether oxygens (including phenoxy) is 1. The molecule has 1 unspecified atom stereocenters. The molecule has 4 aromatic rings. The summed E-state index contributed by atoms with van der Waals surface area (Å²) >= 11 is 6.42. The molecule has 17 heteroatoms. The SMILES string of the molecule is Cn1nc(C2CCC(=O)NC2=O)c2ccc(NC3CCN(c4ncc(Cl)c(Nc5ccc6c(c5)OCC(=O)N6C(O)(O)O)n4)CC3)cc21. The van der Waals surface area contributed by atoms with Crippen molar-refractivity contribution in [1.82, 2.24) is 25.1 Å². The highest BCUT2D eigenvalue weighted by Gasteiger charge is 2.40. The molecule has 1 atom stereocenters. The van der Waals surface area contributed by atoms with Crippen molar-refractivity contribution in [2.75, 3.05) is 40.1 Å². The molecular weight excluding hydrogens is 646 g/mol. The predicted octanol–water partition coefficient (Wildman–Crippen LogP) is 1.67. The molecule has 0 bridgehead atoms. The molecule has 0 aliphatic carbocycles. The summed E-state index contributed by atoms with van der Waals surface area (Å²) in [5.41, 5.74) is 2.99. The van der Waals surface area contributed by atoms with Crippen LogP contribution < -0.4 is 30.5 Å². The lowest BCUT2D eigenvalue weighted by Gasteiger charge is -2.34. The molecule has 3 aliphatic rings. The minimum Gasteiger partial charge on any atom is -0.481 e. The van der Waals surface area contributed by atoms with Crippen molar-refractivity contribution in [3.05, 3.63) is 53.3 Å². The molecule has 3 aliphatic heterocycles. The number of aromatic nitrogens is 4. The number of carbonyl (C=O) groups is 3. The van der Waals surface area contributed by atoms with Crippen LogP contribution in [0.2, 0.25) is 5.02 Å². The van der Waals surface area contributed by atoms with Crippen molar-refractivity contribution in [3.63, 3.8) is 0 Å². The van der Waals surface area contributed by atoms with E-state index >= 15 is 0 Å². The van der Waals surface area contributed by atoms with E-state index in [0.717, 1.165) is 29.4 Å². The smallest absolute Gasteiger partial charge is 0.376 e. The van der Waals surface area contributed by atoms with Crippen LogP contribution in [0, 0.1) is 0 Å². The fourth-order valence-electron chi connectivity index (χ4n) is 6.34. The molecule has 48 heavy (non-hydrogen) atoms. The zero-order chi connectivity index (χ0) is 33.7. The summed E-state index contributed by atoms with van der Waals surface area (Å²) in [4.78, 5) is 47.8. The van der Waals surface area contributed by atoms with Crippen LogP contribution in [0.3, 0.4) is 0 Å². The van der Waals surface area contributed by atoms with Crippen molar-refractivity contribution in [3.8, 4) is 5.75 Å². The van der Waals surface area contributed by atoms with Crippen LogP contribution in [0.4, 0.5) is 28.8 Å². The first-order valence-electron chi connectivity index (χ1n) is 15.3. The normalized spacial score (nSPS) is 18.9. The maximum absolute atomic E-state index is 12.5. The quantitative estimate of drug-likeness (QED) is 0.122. The number of nitrogens with one attached hydrogen (secondary N) is 3. The van der Waals surface area contributed by atoms with Gasteiger partial charge in [-0.25, -0.2) is 9.88 Å². The van der Waals surface area contributed by atoms with Crippen LogP contribution >= 0.6 is 11.6 Å². The molecule has 2 fully saturated rings. The van der Waals surface area contributed by atoms with Crippen molar-refractivity contribution in [1.29, 1.82) is 0 Å². The third-order valence-electron chi connectivity index (χ3n) is 8.69. The lowest BCUT2D eigenvalue weighted by atomic mass is 9.93. The van der Waals surface area contributed by atoms with Crippen LogP contribution in [-0.4, -0.2) is 84.6 Å². The predicted molar refractivity (Wildman–Crippen MR) is 174 cm³/mol. The third kappa shape index (κ3) is 6.06. The summed E-state index contributed by atoms with van der Waals surface area (Å²) in [6.07, 6.45) is 0.504. The van der Waals surface area contributed by atoms with Crippen LogP contribution in [0.5, 0.6) is 5.75 Å². The summed E-state index contributed by atoms with van der Waals surface area (Å²) in [6.45, 7) is 0.884. The number of nitrogens with zero attached hydrogens (tertiary/aromatic N) is 6. The molecule has 0 radical (unpaired) electrons. The van der Waals surface area contributed by atoms with E-state index in [1.807, 2.05) is 25.2 Å². The van der Waals surface area contributed by atoms with Crippen LogP contribution in [0.25, 0.3) is 10.9 Å². The van der Waals surface area contributed by atoms with E-state index in [2.05, 4.69) is 35.9 Å². The van der Waals surface area contributed by atoms with E-state index in [0.29, 0.717) is 54.0 Å². The molecule has 6 N–H and O–H groups in total. The molecule has 7 rings (SSSR count). The number of rotatable bonds is 7. The number of aryl methyl sites for hydroxylation is 1. The minimum absolute atomic E-state index is 0.0209. The fraction of sp³-hybridized carbons (Fsp3) is 0.355. The molecule has 16 nitrogen and oxygen atoms in total. The average Bonchev–Trinajstić information content (AvgIpc) is 3.37. The number of piperidine rings is 2. The Balaban J connectivity index is 1.000. The standard InChI is InChI=1S/C31H32ClN9O7/c1-39-23-12-17(2-4-19(23)27(38-39)20-5-7-25(42)36-29(20)44)34-16-8-10-40(11-9-16)30-33-14-21(32)28(37-30)35-18-3-6-22-24(13-18)48-15-26(43)41(22)31(45,46)47/h2-4,6,12-14,16,20,34,45-47H,5,7-11,15H2,1H3,(H,33,35,37)(H,36,42,44). The Labute approximate surface area is 278 Å². The van der Waals surface area contributed by atoms with Gasteiger partial charge in [-0.2, -0.15) is 10.1 Å². The average molecular weight is 678 g/mol. The number of hydrogen-bond donors (Lipinski definition) is 6. The first kappa shape index (κ1) is 31.6. The van der Waals surface area contributed by atoms with E-state index in [4.69, 9.17) is 16.3 Å². The fourth-order valence-corrected chi connectivity index (χ4v) is 6.48. The van der Waals surface area contributed by atoms with Gasteiger partial charge < -0.3 is 35.6 Å². The van der Waals surface area contributed by atoms with Gasteiger partial charge in [0.1, 0.15) is 10.8 Å². The summed E-state index contributed by atoms with van der Waals surface area (Å²) in [6, 6.07) is 10.6. The van der Waals surface area contributed by atoms with Crippen LogP contribution in [-0.2, 0) is 21.4 Å². The second-order valence-electron chi connectivity index (χ2n) is 11.9. The minimum atomic E-state index is -3.38. The van der Waals surface area contributed by atoms with Crippen molar-refractivity contribution in [2.45, 2.75) is 43.7 Å². The number of benzene rings is 2. The Morgan fingerprint density at radius 1 is 1.04 bits per heavy atom. The molecule has 3 amide bonds. The lowest BCUT2D eigenvalue weighted by Crippen LogP contribution is -2.55. The lowest BCUT2D eigenvalue weighted by molar-refractivity contribution is -0.307. The number of fused-ring (bicyclic) bond motifs is 2. The van der Waals surface area contributed by atoms with Gasteiger partial charge in [-0.1, -0.05) is 11.6 Å². The molecule has 0 spiro atoms. The van der Waals surface area contributed by atoms with Gasteiger partial charge in [0.2, 0.25) is 17.8 Å². The maximum Gasteiger partial charge on any atom is 0.376 e. The number of hydrogen-bond acceptors (Lipinski definition) is 13. The number of carbonyl (C=O) groups excluding carboxylic acids is 3. The van der Waals surface area contributed by atoms with Gasteiger partial charge in [0.05, 0.1) is 29.0 Å². The van der Waals surface area contributed by atoms with Gasteiger partial charge in [0.15, 0.2) is 12.4 Å². The Hall–Kier alpha value is -5.03. The molecule has 2 saturated heterocycles. The zero-order valence-electron chi connectivity index (χ0n) is 25.7. The highest BCUT2D eigenvalue weighted by atomic mass is 35.5. The Morgan fingerprint density at radius 3 is 2.56 bits per heavy atom. The number of amides is 3. The largest absolute Gasteiger partial charge is 0.481 e. The number of aliphatic hydroxyl groups is 3. The van der Waals surface area contributed by atoms with E-state index in [1.165, 1.54) is 18.3 Å². The van der Waals surface area contributed by atoms with Gasteiger partial charge >= 0.3 is 6.10 Å². The number of halogens is 1. The van der Waals surface area contributed by atoms with E-state index in [9.17, 15) is 29.7 Å². The van der Waals surface area contributed by atoms with E-state index in [-0.39, 0.29) is 34.3 Å². The van der Waals surface area contributed by atoms with Gasteiger partial charge in [0.25, 0.3) is 5.91 Å². The van der Waals surface area contributed by atoms with Gasteiger partial charge in [-0.3, -0.25) is 24.4 Å². The van der Waals surface area contributed by atoms with Gasteiger partial charge in [-0.05, 0) is 49.6 Å². The molecular formula is C31H32ClN9O7. The Morgan fingerprint density at radius 2 is 1.81 bits per heavy atom. The first-order valence-corrected chi connectivity index (χ1v) is 15.7. The number of imide groups is 1. The molecule has 250 valence electrons. The topological polar surface area (TPSA) is 207 Å². The van der Waals surface area contributed by atoms with Crippen molar-refractivity contribution < 1.29 is 34.4 Å². The monoisotopic (exact) mass is 677 g/mol. The highest BCUT2D eigenvalue weighted by Crippen LogP contribution is 2.38. The zero-order valence-corrected chi connectivity index (χ0v) is 26.4.